The predicted octanol–water partition coefficient (Wildman–Crippen LogP) is 5.42. The number of carbonyl (C=O) groups is 1. The maximum absolute atomic E-state index is 12.7. The molecule has 4 rings (SSSR count). The second-order valence-electron chi connectivity index (χ2n) is 5.80. The zero-order valence-corrected chi connectivity index (χ0v) is 12.7. The summed E-state index contributed by atoms with van der Waals surface area (Å²) < 4.78 is 0. The summed E-state index contributed by atoms with van der Waals surface area (Å²) in [6.45, 7) is 0. The normalized spacial score (nSPS) is 11.0. The van der Waals surface area contributed by atoms with Gasteiger partial charge in [-0.1, -0.05) is 78.9 Å². The summed E-state index contributed by atoms with van der Waals surface area (Å²) in [4.78, 5) is 12.7. The lowest BCUT2D eigenvalue weighted by Crippen LogP contribution is -2.04. The molecule has 1 heteroatoms. The van der Waals surface area contributed by atoms with E-state index in [1.807, 2.05) is 60.7 Å². The molecular formula is C22H16O. The van der Waals surface area contributed by atoms with Crippen LogP contribution >= 0.6 is 0 Å². The van der Waals surface area contributed by atoms with Crippen LogP contribution in [-0.2, 0) is 6.42 Å². The van der Waals surface area contributed by atoms with Crippen LogP contribution in [0.3, 0.4) is 0 Å². The first-order valence-corrected chi connectivity index (χ1v) is 7.80. The van der Waals surface area contributed by atoms with Gasteiger partial charge in [0.05, 0.1) is 0 Å². The van der Waals surface area contributed by atoms with Gasteiger partial charge in [-0.3, -0.25) is 4.79 Å². The number of fused-ring (bicyclic) bond motifs is 2. The summed E-state index contributed by atoms with van der Waals surface area (Å²) in [6, 6.07) is 28.4. The van der Waals surface area contributed by atoms with Gasteiger partial charge in [0.15, 0.2) is 5.78 Å². The molecule has 0 heterocycles. The fraction of sp³-hybridized carbons (Fsp3) is 0.0455. The Hall–Kier alpha value is -2.93. The van der Waals surface area contributed by atoms with E-state index in [0.29, 0.717) is 6.42 Å². The first-order chi connectivity index (χ1) is 11.3. The van der Waals surface area contributed by atoms with E-state index < -0.39 is 0 Å². The van der Waals surface area contributed by atoms with E-state index in [0.717, 1.165) is 27.3 Å². The maximum Gasteiger partial charge on any atom is 0.167 e. The van der Waals surface area contributed by atoms with E-state index in [2.05, 4.69) is 24.3 Å². The lowest BCUT2D eigenvalue weighted by molar-refractivity contribution is 0.0993. The summed E-state index contributed by atoms with van der Waals surface area (Å²) in [5, 5.41) is 4.60. The minimum atomic E-state index is 0.159. The number of hydrogen-bond acceptors (Lipinski definition) is 1. The summed E-state index contributed by atoms with van der Waals surface area (Å²) in [5.41, 5.74) is 1.86. The summed E-state index contributed by atoms with van der Waals surface area (Å²) >= 11 is 0. The van der Waals surface area contributed by atoms with Crippen LogP contribution < -0.4 is 0 Å². The molecule has 110 valence electrons. The van der Waals surface area contributed by atoms with Crippen molar-refractivity contribution in [2.45, 2.75) is 6.42 Å². The third-order valence-corrected chi connectivity index (χ3v) is 4.30. The van der Waals surface area contributed by atoms with E-state index >= 15 is 0 Å². The largest absolute Gasteiger partial charge is 0.294 e. The Morgan fingerprint density at radius 2 is 1.35 bits per heavy atom. The van der Waals surface area contributed by atoms with Crippen molar-refractivity contribution in [1.29, 1.82) is 0 Å². The zero-order valence-electron chi connectivity index (χ0n) is 12.7. The second-order valence-corrected chi connectivity index (χ2v) is 5.80. The molecule has 4 aromatic carbocycles. The average molecular weight is 296 g/mol. The Labute approximate surface area is 135 Å². The SMILES string of the molecule is O=C(Cc1cccc2ccccc12)c1ccc2ccccc2c1. The first-order valence-electron chi connectivity index (χ1n) is 7.80. The quantitative estimate of drug-likeness (QED) is 0.461. The van der Waals surface area contributed by atoms with Crippen molar-refractivity contribution in [3.8, 4) is 0 Å². The van der Waals surface area contributed by atoms with Gasteiger partial charge in [-0.05, 0) is 33.2 Å². The molecule has 0 bridgehead atoms. The van der Waals surface area contributed by atoms with Crippen molar-refractivity contribution in [2.24, 2.45) is 0 Å². The molecule has 0 fully saturated rings. The molecule has 0 spiro atoms. The fourth-order valence-electron chi connectivity index (χ4n) is 3.08. The van der Waals surface area contributed by atoms with Crippen LogP contribution in [0.2, 0.25) is 0 Å². The Kier molecular flexibility index (Phi) is 3.39. The Morgan fingerprint density at radius 3 is 2.22 bits per heavy atom. The molecule has 0 saturated carbocycles. The van der Waals surface area contributed by atoms with Crippen LogP contribution in [0.15, 0.2) is 84.9 Å². The third-order valence-electron chi connectivity index (χ3n) is 4.30. The molecule has 0 aliphatic heterocycles. The molecular weight excluding hydrogens is 280 g/mol. The number of carbonyl (C=O) groups excluding carboxylic acids is 1. The van der Waals surface area contributed by atoms with Crippen LogP contribution in [0.1, 0.15) is 15.9 Å². The molecule has 0 unspecified atom stereocenters. The number of Topliss-reactive ketones (excluding diaryl/α,β-unsaturated/α-hetero) is 1. The van der Waals surface area contributed by atoms with Gasteiger partial charge in [0.1, 0.15) is 0 Å². The van der Waals surface area contributed by atoms with Crippen LogP contribution in [0, 0.1) is 0 Å². The molecule has 0 aromatic heterocycles. The minimum Gasteiger partial charge on any atom is -0.294 e. The lowest BCUT2D eigenvalue weighted by atomic mass is 9.96. The van der Waals surface area contributed by atoms with E-state index in [4.69, 9.17) is 0 Å². The highest BCUT2D eigenvalue weighted by molar-refractivity contribution is 6.02. The van der Waals surface area contributed by atoms with Crippen LogP contribution in [-0.4, -0.2) is 5.78 Å². The van der Waals surface area contributed by atoms with Crippen molar-refractivity contribution >= 4 is 27.3 Å². The fourth-order valence-corrected chi connectivity index (χ4v) is 3.08. The van der Waals surface area contributed by atoms with Gasteiger partial charge in [0, 0.05) is 12.0 Å². The van der Waals surface area contributed by atoms with E-state index in [-0.39, 0.29) is 5.78 Å². The van der Waals surface area contributed by atoms with E-state index in [9.17, 15) is 4.79 Å². The van der Waals surface area contributed by atoms with Crippen molar-refractivity contribution in [2.75, 3.05) is 0 Å². The lowest BCUT2D eigenvalue weighted by Gasteiger charge is -2.07. The van der Waals surface area contributed by atoms with E-state index in [1.165, 1.54) is 5.39 Å². The monoisotopic (exact) mass is 296 g/mol. The predicted molar refractivity (Wildman–Crippen MR) is 95.9 cm³/mol. The molecule has 1 nitrogen and oxygen atoms in total. The molecule has 23 heavy (non-hydrogen) atoms. The number of ketones is 1. The average Bonchev–Trinajstić information content (AvgIpc) is 2.61. The second kappa shape index (κ2) is 5.69. The molecule has 4 aromatic rings. The van der Waals surface area contributed by atoms with Gasteiger partial charge in [0.25, 0.3) is 0 Å². The van der Waals surface area contributed by atoms with Crippen LogP contribution in [0.25, 0.3) is 21.5 Å². The van der Waals surface area contributed by atoms with Crippen LogP contribution in [0.4, 0.5) is 0 Å². The molecule has 0 atom stereocenters. The van der Waals surface area contributed by atoms with Gasteiger partial charge in [0.2, 0.25) is 0 Å². The highest BCUT2D eigenvalue weighted by atomic mass is 16.1. The standard InChI is InChI=1S/C22H16O/c23-22(20-13-12-16-6-1-2-8-18(16)14-20)15-19-10-5-9-17-7-3-4-11-21(17)19/h1-14H,15H2. The van der Waals surface area contributed by atoms with Gasteiger partial charge >= 0.3 is 0 Å². The molecule has 0 aliphatic carbocycles. The van der Waals surface area contributed by atoms with Gasteiger partial charge in [-0.15, -0.1) is 0 Å². The Bertz CT molecular complexity index is 1010. The minimum absolute atomic E-state index is 0.159. The summed E-state index contributed by atoms with van der Waals surface area (Å²) in [5.74, 6) is 0.159. The number of benzene rings is 4. The molecule has 0 amide bonds. The van der Waals surface area contributed by atoms with Crippen molar-refractivity contribution in [3.05, 3.63) is 96.1 Å². The maximum atomic E-state index is 12.7. The Balaban J connectivity index is 1.70. The molecule has 0 aliphatic rings. The molecule has 0 radical (unpaired) electrons. The van der Waals surface area contributed by atoms with E-state index in [1.54, 1.807) is 0 Å². The molecule has 0 saturated heterocycles. The summed E-state index contributed by atoms with van der Waals surface area (Å²) in [7, 11) is 0. The van der Waals surface area contributed by atoms with Gasteiger partial charge in [-0.25, -0.2) is 0 Å². The van der Waals surface area contributed by atoms with Gasteiger partial charge in [-0.2, -0.15) is 0 Å². The van der Waals surface area contributed by atoms with Crippen molar-refractivity contribution < 1.29 is 4.79 Å². The van der Waals surface area contributed by atoms with Crippen molar-refractivity contribution in [3.63, 3.8) is 0 Å². The first kappa shape index (κ1) is 13.7. The third kappa shape index (κ3) is 2.62. The number of hydrogen-bond donors (Lipinski definition) is 0. The highest BCUT2D eigenvalue weighted by Crippen LogP contribution is 2.21. The molecule has 0 N–H and O–H groups in total. The highest BCUT2D eigenvalue weighted by Gasteiger charge is 2.10. The van der Waals surface area contributed by atoms with Crippen molar-refractivity contribution in [1.82, 2.24) is 0 Å². The van der Waals surface area contributed by atoms with Crippen LogP contribution in [0.5, 0.6) is 0 Å². The summed E-state index contributed by atoms with van der Waals surface area (Å²) in [6.07, 6.45) is 0.430. The smallest absolute Gasteiger partial charge is 0.167 e. The van der Waals surface area contributed by atoms with Gasteiger partial charge < -0.3 is 0 Å². The Morgan fingerprint density at radius 1 is 0.652 bits per heavy atom. The zero-order chi connectivity index (χ0) is 15.6. The number of rotatable bonds is 3. The topological polar surface area (TPSA) is 17.1 Å².